The van der Waals surface area contributed by atoms with Crippen LogP contribution in [0.2, 0.25) is 0 Å². The average Bonchev–Trinajstić information content (AvgIpc) is 3.37. The van der Waals surface area contributed by atoms with Gasteiger partial charge in [-0.15, -0.1) is 11.3 Å². The van der Waals surface area contributed by atoms with Crippen molar-refractivity contribution in [2.24, 2.45) is 0 Å². The van der Waals surface area contributed by atoms with Crippen LogP contribution in [0, 0.1) is 13.8 Å². The number of aryl methyl sites for hydroxylation is 2. The molecule has 0 aliphatic heterocycles. The van der Waals surface area contributed by atoms with Crippen LogP contribution in [0.5, 0.6) is 5.88 Å². The van der Waals surface area contributed by atoms with Crippen LogP contribution in [0.1, 0.15) is 20.9 Å². The Morgan fingerprint density at radius 1 is 0.967 bits per heavy atom. The highest BCUT2D eigenvalue weighted by Gasteiger charge is 2.32. The third-order valence-electron chi connectivity index (χ3n) is 4.48. The van der Waals surface area contributed by atoms with Crippen LogP contribution < -0.4 is 4.74 Å². The minimum atomic E-state index is -3.98. The molecular weight excluding hydrogens is 420 g/mol. The summed E-state index contributed by atoms with van der Waals surface area (Å²) in [6, 6.07) is 18.8. The average molecular weight is 439 g/mol. The molecule has 0 atom stereocenters. The number of hydrogen-bond donors (Lipinski definition) is 0. The Bertz CT molecular complexity index is 1290. The monoisotopic (exact) mass is 438 g/mol. The zero-order valence-corrected chi connectivity index (χ0v) is 17.9. The van der Waals surface area contributed by atoms with Gasteiger partial charge in [-0.2, -0.15) is 9.78 Å². The summed E-state index contributed by atoms with van der Waals surface area (Å²) in [7, 11) is -3.98. The van der Waals surface area contributed by atoms with Crippen LogP contribution in [-0.4, -0.2) is 24.2 Å². The van der Waals surface area contributed by atoms with Crippen molar-refractivity contribution in [3.05, 3.63) is 88.2 Å². The molecule has 30 heavy (non-hydrogen) atoms. The van der Waals surface area contributed by atoms with E-state index in [4.69, 9.17) is 4.74 Å². The summed E-state index contributed by atoms with van der Waals surface area (Å²) in [5.74, 6) is -0.764. The number of esters is 1. The molecule has 0 unspecified atom stereocenters. The van der Waals surface area contributed by atoms with Gasteiger partial charge in [0.1, 0.15) is 4.88 Å². The fourth-order valence-corrected chi connectivity index (χ4v) is 5.12. The summed E-state index contributed by atoms with van der Waals surface area (Å²) in [5, 5.41) is 6.14. The lowest BCUT2D eigenvalue weighted by atomic mass is 10.2. The largest absolute Gasteiger partial charge is 0.402 e. The molecule has 2 heterocycles. The van der Waals surface area contributed by atoms with Crippen molar-refractivity contribution in [1.82, 2.24) is 9.78 Å². The Morgan fingerprint density at radius 2 is 1.67 bits per heavy atom. The topological polar surface area (TPSA) is 78.3 Å². The Balaban J connectivity index is 1.90. The van der Waals surface area contributed by atoms with E-state index in [2.05, 4.69) is 5.10 Å². The van der Waals surface area contributed by atoms with Crippen LogP contribution in [-0.2, 0) is 9.84 Å². The van der Waals surface area contributed by atoms with E-state index in [0.29, 0.717) is 10.6 Å². The second kappa shape index (κ2) is 7.89. The lowest BCUT2D eigenvalue weighted by Crippen LogP contribution is -2.13. The molecule has 0 aliphatic carbocycles. The number of aromatic nitrogens is 2. The summed E-state index contributed by atoms with van der Waals surface area (Å²) in [4.78, 5) is 13.0. The number of nitrogens with zero attached hydrogens (tertiary/aromatic N) is 2. The summed E-state index contributed by atoms with van der Waals surface area (Å²) >= 11 is 1.22. The number of para-hydroxylation sites is 1. The van der Waals surface area contributed by atoms with Crippen LogP contribution in [0.25, 0.3) is 5.69 Å². The van der Waals surface area contributed by atoms with Gasteiger partial charge in [0.05, 0.1) is 16.3 Å². The van der Waals surface area contributed by atoms with E-state index in [1.807, 2.05) is 13.0 Å². The highest BCUT2D eigenvalue weighted by molar-refractivity contribution is 7.91. The van der Waals surface area contributed by atoms with Crippen LogP contribution in [0.15, 0.2) is 81.9 Å². The number of thiophene rings is 1. The van der Waals surface area contributed by atoms with E-state index in [1.54, 1.807) is 60.8 Å². The number of ether oxygens (including phenoxy) is 1. The number of benzene rings is 2. The van der Waals surface area contributed by atoms with Crippen LogP contribution in [0.4, 0.5) is 0 Å². The van der Waals surface area contributed by atoms with E-state index in [9.17, 15) is 13.2 Å². The quantitative estimate of drug-likeness (QED) is 0.426. The highest BCUT2D eigenvalue weighted by atomic mass is 32.2. The molecule has 0 fully saturated rings. The Hall–Kier alpha value is -3.23. The highest BCUT2D eigenvalue weighted by Crippen LogP contribution is 2.35. The van der Waals surface area contributed by atoms with Gasteiger partial charge in [-0.05, 0) is 49.6 Å². The fourth-order valence-electron chi connectivity index (χ4n) is 3.00. The zero-order valence-electron chi connectivity index (χ0n) is 16.3. The summed E-state index contributed by atoms with van der Waals surface area (Å²) in [6.07, 6.45) is 0. The van der Waals surface area contributed by atoms with Crippen LogP contribution in [0.3, 0.4) is 0 Å². The SMILES string of the molecule is Cc1ccc(S(=O)(=O)c2c(C)nn(-c3ccccc3)c2OC(=O)c2cccs2)cc1. The number of rotatable bonds is 5. The molecule has 4 rings (SSSR count). The van der Waals surface area contributed by atoms with Crippen molar-refractivity contribution < 1.29 is 17.9 Å². The van der Waals surface area contributed by atoms with Crippen molar-refractivity contribution in [3.63, 3.8) is 0 Å². The molecule has 0 saturated carbocycles. The molecular formula is C22H18N2O4S2. The molecule has 6 nitrogen and oxygen atoms in total. The molecule has 0 aliphatic rings. The first-order chi connectivity index (χ1) is 14.4. The van der Waals surface area contributed by atoms with Crippen molar-refractivity contribution in [2.45, 2.75) is 23.6 Å². The lowest BCUT2D eigenvalue weighted by Gasteiger charge is -2.10. The molecule has 0 amide bonds. The van der Waals surface area contributed by atoms with E-state index in [1.165, 1.54) is 28.2 Å². The Morgan fingerprint density at radius 3 is 2.30 bits per heavy atom. The van der Waals surface area contributed by atoms with Crippen molar-refractivity contribution >= 4 is 27.1 Å². The van der Waals surface area contributed by atoms with Gasteiger partial charge in [0, 0.05) is 0 Å². The number of sulfone groups is 1. The molecule has 0 N–H and O–H groups in total. The summed E-state index contributed by atoms with van der Waals surface area (Å²) in [6.45, 7) is 3.46. The fraction of sp³-hybridized carbons (Fsp3) is 0.0909. The Kier molecular flexibility index (Phi) is 5.27. The first kappa shape index (κ1) is 20.1. The number of carbonyl (C=O) groups is 1. The van der Waals surface area contributed by atoms with Gasteiger partial charge in [0.2, 0.25) is 15.7 Å². The summed E-state index contributed by atoms with van der Waals surface area (Å²) in [5.41, 5.74) is 1.77. The van der Waals surface area contributed by atoms with Gasteiger partial charge in [-0.3, -0.25) is 0 Å². The van der Waals surface area contributed by atoms with E-state index >= 15 is 0 Å². The molecule has 152 valence electrons. The zero-order chi connectivity index (χ0) is 21.3. The van der Waals surface area contributed by atoms with Crippen molar-refractivity contribution in [1.29, 1.82) is 0 Å². The van der Waals surface area contributed by atoms with Crippen molar-refractivity contribution in [2.75, 3.05) is 0 Å². The molecule has 2 aromatic carbocycles. The van der Waals surface area contributed by atoms with Crippen LogP contribution >= 0.6 is 11.3 Å². The predicted octanol–water partition coefficient (Wildman–Crippen LogP) is 4.60. The third kappa shape index (κ3) is 3.67. The number of hydrogen-bond acceptors (Lipinski definition) is 6. The minimum Gasteiger partial charge on any atom is -0.402 e. The standard InChI is InChI=1S/C22H18N2O4S2/c1-15-10-12-18(13-11-15)30(26,27)20-16(2)23-24(17-7-4-3-5-8-17)21(20)28-22(25)19-9-6-14-29-19/h3-14H,1-2H3. The van der Waals surface area contributed by atoms with E-state index in [-0.39, 0.29) is 21.4 Å². The van der Waals surface area contributed by atoms with Gasteiger partial charge in [-0.25, -0.2) is 13.2 Å². The molecule has 8 heteroatoms. The molecule has 2 aromatic heterocycles. The molecule has 0 radical (unpaired) electrons. The molecule has 0 bridgehead atoms. The maximum atomic E-state index is 13.5. The molecule has 0 saturated heterocycles. The molecule has 4 aromatic rings. The van der Waals surface area contributed by atoms with Gasteiger partial charge in [0.15, 0.2) is 4.90 Å². The predicted molar refractivity (Wildman–Crippen MR) is 114 cm³/mol. The summed E-state index contributed by atoms with van der Waals surface area (Å²) < 4.78 is 33.9. The normalized spacial score (nSPS) is 11.4. The van der Waals surface area contributed by atoms with Gasteiger partial charge < -0.3 is 4.74 Å². The molecule has 0 spiro atoms. The maximum absolute atomic E-state index is 13.5. The van der Waals surface area contributed by atoms with Gasteiger partial charge in [0.25, 0.3) is 0 Å². The number of carbonyl (C=O) groups excluding carboxylic acids is 1. The van der Waals surface area contributed by atoms with Gasteiger partial charge >= 0.3 is 5.97 Å². The smallest absolute Gasteiger partial charge is 0.355 e. The first-order valence-electron chi connectivity index (χ1n) is 9.10. The van der Waals surface area contributed by atoms with Gasteiger partial charge in [-0.1, -0.05) is 42.0 Å². The first-order valence-corrected chi connectivity index (χ1v) is 11.5. The second-order valence-electron chi connectivity index (χ2n) is 6.65. The maximum Gasteiger partial charge on any atom is 0.355 e. The lowest BCUT2D eigenvalue weighted by molar-refractivity contribution is 0.0723. The Labute approximate surface area is 178 Å². The second-order valence-corrected chi connectivity index (χ2v) is 9.48. The minimum absolute atomic E-state index is 0.109. The van der Waals surface area contributed by atoms with E-state index < -0.39 is 15.8 Å². The third-order valence-corrected chi connectivity index (χ3v) is 7.23. The van der Waals surface area contributed by atoms with E-state index in [0.717, 1.165) is 5.56 Å². The van der Waals surface area contributed by atoms with Crippen molar-refractivity contribution in [3.8, 4) is 11.6 Å².